The Hall–Kier alpha value is -1.36. The molecule has 4 nitrogen and oxygen atoms in total. The molecule has 2 heterocycles. The minimum Gasteiger partial charge on any atom is -0.350 e. The van der Waals surface area contributed by atoms with Gasteiger partial charge in [0.25, 0.3) is 0 Å². The zero-order chi connectivity index (χ0) is 14.2. The van der Waals surface area contributed by atoms with Gasteiger partial charge in [0, 0.05) is 24.2 Å². The van der Waals surface area contributed by atoms with Gasteiger partial charge in [0.1, 0.15) is 0 Å². The predicted octanol–water partition coefficient (Wildman–Crippen LogP) is 3.76. The van der Waals surface area contributed by atoms with Gasteiger partial charge in [0.05, 0.1) is 12.2 Å². The van der Waals surface area contributed by atoms with Crippen LogP contribution in [0.4, 0.5) is 0 Å². The second-order valence-corrected chi connectivity index (χ2v) is 5.99. The Labute approximate surface area is 124 Å². The smallest absolute Gasteiger partial charge is 0.220 e. The van der Waals surface area contributed by atoms with Crippen molar-refractivity contribution in [2.24, 2.45) is 0 Å². The number of carbonyl (C=O) groups excluding carboxylic acids is 1. The summed E-state index contributed by atoms with van der Waals surface area (Å²) in [6.45, 7) is 2.75. The van der Waals surface area contributed by atoms with Gasteiger partial charge in [-0.1, -0.05) is 39.0 Å². The highest BCUT2D eigenvalue weighted by atomic mass is 32.1. The third-order valence-corrected chi connectivity index (χ3v) is 4.14. The lowest BCUT2D eigenvalue weighted by atomic mass is 10.1. The number of thiazole rings is 1. The molecule has 0 atom stereocenters. The molecule has 0 aliphatic rings. The average Bonchev–Trinajstić information content (AvgIpc) is 3.01. The molecular formula is C15H23N3OS. The first kappa shape index (κ1) is 15.0. The fourth-order valence-corrected chi connectivity index (χ4v) is 2.92. The van der Waals surface area contributed by atoms with Crippen LogP contribution in [0.2, 0.25) is 0 Å². The normalized spacial score (nSPS) is 11.1. The van der Waals surface area contributed by atoms with E-state index in [0.29, 0.717) is 13.0 Å². The van der Waals surface area contributed by atoms with E-state index in [1.165, 1.54) is 25.7 Å². The Morgan fingerprint density at radius 2 is 2.10 bits per heavy atom. The molecule has 20 heavy (non-hydrogen) atoms. The van der Waals surface area contributed by atoms with Gasteiger partial charge in [0.2, 0.25) is 5.91 Å². The van der Waals surface area contributed by atoms with Crippen molar-refractivity contribution in [3.63, 3.8) is 0 Å². The van der Waals surface area contributed by atoms with Crippen molar-refractivity contribution in [1.82, 2.24) is 14.7 Å². The Kier molecular flexibility index (Phi) is 6.05. The van der Waals surface area contributed by atoms with E-state index in [0.717, 1.165) is 23.5 Å². The number of imidazole rings is 1. The van der Waals surface area contributed by atoms with Gasteiger partial charge in [0.15, 0.2) is 4.96 Å². The van der Waals surface area contributed by atoms with Crippen molar-refractivity contribution < 1.29 is 4.79 Å². The van der Waals surface area contributed by atoms with Crippen LogP contribution < -0.4 is 5.32 Å². The summed E-state index contributed by atoms with van der Waals surface area (Å²) < 4.78 is 1.99. The monoisotopic (exact) mass is 293 g/mol. The zero-order valence-corrected chi connectivity index (χ0v) is 12.9. The molecule has 0 aliphatic carbocycles. The molecule has 0 radical (unpaired) electrons. The number of rotatable bonds is 9. The lowest BCUT2D eigenvalue weighted by molar-refractivity contribution is -0.121. The van der Waals surface area contributed by atoms with E-state index in [2.05, 4.69) is 17.2 Å². The Balaban J connectivity index is 1.59. The quantitative estimate of drug-likeness (QED) is 0.715. The molecule has 2 aromatic heterocycles. The Morgan fingerprint density at radius 1 is 1.30 bits per heavy atom. The van der Waals surface area contributed by atoms with E-state index >= 15 is 0 Å². The van der Waals surface area contributed by atoms with Gasteiger partial charge in [-0.15, -0.1) is 11.3 Å². The molecule has 0 saturated carbocycles. The SMILES string of the molecule is CCCCCCCCC(=O)NCc1cn2ccsc2n1. The molecule has 0 bridgehead atoms. The van der Waals surface area contributed by atoms with Crippen LogP contribution in [0.15, 0.2) is 17.8 Å². The van der Waals surface area contributed by atoms with Gasteiger partial charge in [-0.05, 0) is 6.42 Å². The Bertz CT molecular complexity index is 503. The van der Waals surface area contributed by atoms with E-state index < -0.39 is 0 Å². The molecule has 2 aromatic rings. The van der Waals surface area contributed by atoms with Crippen molar-refractivity contribution in [3.8, 4) is 0 Å². The van der Waals surface area contributed by atoms with Crippen molar-refractivity contribution in [2.45, 2.75) is 58.4 Å². The van der Waals surface area contributed by atoms with Crippen LogP contribution in [0.3, 0.4) is 0 Å². The molecule has 1 amide bonds. The number of fused-ring (bicyclic) bond motifs is 1. The van der Waals surface area contributed by atoms with E-state index in [1.54, 1.807) is 11.3 Å². The summed E-state index contributed by atoms with van der Waals surface area (Å²) in [6, 6.07) is 0. The van der Waals surface area contributed by atoms with E-state index in [1.807, 2.05) is 22.2 Å². The molecule has 0 saturated heterocycles. The summed E-state index contributed by atoms with van der Waals surface area (Å²) in [4.78, 5) is 17.1. The molecular weight excluding hydrogens is 270 g/mol. The second kappa shape index (κ2) is 8.04. The lowest BCUT2D eigenvalue weighted by Gasteiger charge is -2.03. The summed E-state index contributed by atoms with van der Waals surface area (Å²) in [5, 5.41) is 4.94. The highest BCUT2D eigenvalue weighted by Gasteiger charge is 2.05. The summed E-state index contributed by atoms with van der Waals surface area (Å²) in [5.41, 5.74) is 0.924. The van der Waals surface area contributed by atoms with Crippen molar-refractivity contribution in [2.75, 3.05) is 0 Å². The van der Waals surface area contributed by atoms with Crippen LogP contribution in [0.1, 0.15) is 57.6 Å². The molecule has 0 fully saturated rings. The molecule has 1 N–H and O–H groups in total. The molecule has 0 aliphatic heterocycles. The van der Waals surface area contributed by atoms with Crippen LogP contribution in [0, 0.1) is 0 Å². The first-order valence-electron chi connectivity index (χ1n) is 7.47. The molecule has 110 valence electrons. The third kappa shape index (κ3) is 4.63. The van der Waals surface area contributed by atoms with Crippen LogP contribution in [-0.4, -0.2) is 15.3 Å². The fraction of sp³-hybridized carbons (Fsp3) is 0.600. The topological polar surface area (TPSA) is 46.4 Å². The first-order valence-corrected chi connectivity index (χ1v) is 8.35. The number of nitrogens with one attached hydrogen (secondary N) is 1. The predicted molar refractivity (Wildman–Crippen MR) is 82.9 cm³/mol. The van der Waals surface area contributed by atoms with Gasteiger partial charge in [-0.25, -0.2) is 4.98 Å². The van der Waals surface area contributed by atoms with E-state index in [4.69, 9.17) is 0 Å². The lowest BCUT2D eigenvalue weighted by Crippen LogP contribution is -2.22. The van der Waals surface area contributed by atoms with Crippen LogP contribution in [-0.2, 0) is 11.3 Å². The maximum absolute atomic E-state index is 11.7. The molecule has 2 rings (SSSR count). The number of nitrogens with zero attached hydrogens (tertiary/aromatic N) is 2. The van der Waals surface area contributed by atoms with Crippen molar-refractivity contribution in [3.05, 3.63) is 23.5 Å². The van der Waals surface area contributed by atoms with E-state index in [9.17, 15) is 4.79 Å². The minimum atomic E-state index is 0.136. The minimum absolute atomic E-state index is 0.136. The average molecular weight is 293 g/mol. The van der Waals surface area contributed by atoms with Crippen LogP contribution in [0.5, 0.6) is 0 Å². The summed E-state index contributed by atoms with van der Waals surface area (Å²) in [7, 11) is 0. The van der Waals surface area contributed by atoms with Gasteiger partial charge in [-0.3, -0.25) is 9.20 Å². The zero-order valence-electron chi connectivity index (χ0n) is 12.1. The number of carbonyl (C=O) groups is 1. The largest absolute Gasteiger partial charge is 0.350 e. The number of hydrogen-bond donors (Lipinski definition) is 1. The highest BCUT2D eigenvalue weighted by Crippen LogP contribution is 2.11. The summed E-state index contributed by atoms with van der Waals surface area (Å²) in [6.07, 6.45) is 11.9. The number of aromatic nitrogens is 2. The van der Waals surface area contributed by atoms with Gasteiger partial charge >= 0.3 is 0 Å². The maximum Gasteiger partial charge on any atom is 0.220 e. The van der Waals surface area contributed by atoms with Crippen molar-refractivity contribution in [1.29, 1.82) is 0 Å². The molecule has 0 unspecified atom stereocenters. The molecule has 0 aromatic carbocycles. The second-order valence-electron chi connectivity index (χ2n) is 5.12. The highest BCUT2D eigenvalue weighted by molar-refractivity contribution is 7.15. The maximum atomic E-state index is 11.7. The van der Waals surface area contributed by atoms with Gasteiger partial charge < -0.3 is 5.32 Å². The van der Waals surface area contributed by atoms with E-state index in [-0.39, 0.29) is 5.91 Å². The first-order chi connectivity index (χ1) is 9.79. The molecule has 5 heteroatoms. The Morgan fingerprint density at radius 3 is 2.90 bits per heavy atom. The number of hydrogen-bond acceptors (Lipinski definition) is 3. The van der Waals surface area contributed by atoms with Crippen LogP contribution >= 0.6 is 11.3 Å². The third-order valence-electron chi connectivity index (χ3n) is 3.37. The number of amides is 1. The van der Waals surface area contributed by atoms with Gasteiger partial charge in [-0.2, -0.15) is 0 Å². The fourth-order valence-electron chi connectivity index (χ4n) is 2.20. The van der Waals surface area contributed by atoms with Crippen LogP contribution in [0.25, 0.3) is 4.96 Å². The summed E-state index contributed by atoms with van der Waals surface area (Å²) in [5.74, 6) is 0.136. The standard InChI is InChI=1S/C15H23N3OS/c1-2-3-4-5-6-7-8-14(19)16-11-13-12-18-9-10-20-15(18)17-13/h9-10,12H,2-8,11H2,1H3,(H,16,19). The van der Waals surface area contributed by atoms with Crippen molar-refractivity contribution >= 4 is 22.2 Å². The molecule has 0 spiro atoms. The number of unbranched alkanes of at least 4 members (excludes halogenated alkanes) is 5. The summed E-state index contributed by atoms with van der Waals surface area (Å²) >= 11 is 1.60.